The first-order valence-electron chi connectivity index (χ1n) is 7.21. The molecule has 0 bridgehead atoms. The van der Waals surface area contributed by atoms with E-state index in [-0.39, 0.29) is 5.69 Å². The predicted octanol–water partition coefficient (Wildman–Crippen LogP) is 6.27. The number of amides is 1. The number of nitrogens with one attached hydrogen (secondary N) is 1. The second kappa shape index (κ2) is 8.34. The molecule has 0 aromatic heterocycles. The standard InChI is InChI=1S/C17H14Cl2F3NOS/c1-10(25-9-11-6-7-13(18)14(19)8-11)16(24)23-15-5-3-2-4-12(15)17(20,21)22/h2-8,10H,9H2,1H3,(H,23,24). The maximum absolute atomic E-state index is 13.0. The Morgan fingerprint density at radius 2 is 1.84 bits per heavy atom. The van der Waals surface area contributed by atoms with Crippen molar-refractivity contribution in [2.24, 2.45) is 0 Å². The Balaban J connectivity index is 2.00. The summed E-state index contributed by atoms with van der Waals surface area (Å²) in [5.74, 6) is -0.0198. The summed E-state index contributed by atoms with van der Waals surface area (Å²) >= 11 is 13.1. The number of halogens is 5. The van der Waals surface area contributed by atoms with Gasteiger partial charge in [0.2, 0.25) is 5.91 Å². The lowest BCUT2D eigenvalue weighted by Gasteiger charge is -2.16. The molecule has 0 spiro atoms. The Kier molecular flexibility index (Phi) is 6.65. The van der Waals surface area contributed by atoms with Crippen LogP contribution in [-0.4, -0.2) is 11.2 Å². The fourth-order valence-corrected chi connectivity index (χ4v) is 3.15. The lowest BCUT2D eigenvalue weighted by Crippen LogP contribution is -2.24. The summed E-state index contributed by atoms with van der Waals surface area (Å²) < 4.78 is 38.9. The van der Waals surface area contributed by atoms with E-state index in [2.05, 4.69) is 5.32 Å². The van der Waals surface area contributed by atoms with Crippen molar-refractivity contribution in [2.75, 3.05) is 5.32 Å². The van der Waals surface area contributed by atoms with Gasteiger partial charge in [0, 0.05) is 5.75 Å². The van der Waals surface area contributed by atoms with E-state index >= 15 is 0 Å². The zero-order valence-corrected chi connectivity index (χ0v) is 15.4. The third-order valence-corrected chi connectivity index (χ3v) is 5.30. The van der Waals surface area contributed by atoms with Crippen molar-refractivity contribution in [1.82, 2.24) is 0 Å². The molecule has 2 aromatic rings. The van der Waals surface area contributed by atoms with Gasteiger partial charge in [-0.25, -0.2) is 0 Å². The van der Waals surface area contributed by atoms with Crippen LogP contribution in [0.25, 0.3) is 0 Å². The van der Waals surface area contributed by atoms with Gasteiger partial charge in [0.15, 0.2) is 0 Å². The highest BCUT2D eigenvalue weighted by Crippen LogP contribution is 2.35. The zero-order chi connectivity index (χ0) is 18.6. The average Bonchev–Trinajstić information content (AvgIpc) is 2.55. The fraction of sp³-hybridized carbons (Fsp3) is 0.235. The van der Waals surface area contributed by atoms with Gasteiger partial charge in [-0.05, 0) is 36.8 Å². The van der Waals surface area contributed by atoms with Gasteiger partial charge in [-0.15, -0.1) is 11.8 Å². The molecule has 0 aliphatic heterocycles. The number of hydrogen-bond donors (Lipinski definition) is 1. The number of anilines is 1. The van der Waals surface area contributed by atoms with Crippen LogP contribution < -0.4 is 5.32 Å². The second-order valence-corrected chi connectivity index (χ2v) is 7.38. The van der Waals surface area contributed by atoms with Crippen molar-refractivity contribution < 1.29 is 18.0 Å². The maximum Gasteiger partial charge on any atom is 0.418 e. The van der Waals surface area contributed by atoms with Crippen molar-refractivity contribution in [3.63, 3.8) is 0 Å². The number of carbonyl (C=O) groups is 1. The van der Waals surface area contributed by atoms with E-state index in [0.29, 0.717) is 15.8 Å². The first-order valence-corrected chi connectivity index (χ1v) is 9.01. The molecular formula is C17H14Cl2F3NOS. The van der Waals surface area contributed by atoms with Crippen LogP contribution in [0.1, 0.15) is 18.1 Å². The van der Waals surface area contributed by atoms with E-state index in [1.165, 1.54) is 30.0 Å². The van der Waals surface area contributed by atoms with Gasteiger partial charge in [-0.2, -0.15) is 13.2 Å². The van der Waals surface area contributed by atoms with Crippen LogP contribution in [0.2, 0.25) is 10.0 Å². The normalized spacial score (nSPS) is 12.7. The van der Waals surface area contributed by atoms with Crippen LogP contribution in [-0.2, 0) is 16.7 Å². The molecular weight excluding hydrogens is 394 g/mol. The summed E-state index contributed by atoms with van der Waals surface area (Å²) in [5.41, 5.74) is -0.248. The molecule has 2 aromatic carbocycles. The van der Waals surface area contributed by atoms with Crippen molar-refractivity contribution in [3.05, 3.63) is 63.6 Å². The number of carbonyl (C=O) groups excluding carboxylic acids is 1. The molecule has 1 N–H and O–H groups in total. The number of benzene rings is 2. The average molecular weight is 408 g/mol. The molecule has 0 heterocycles. The molecule has 1 atom stereocenters. The van der Waals surface area contributed by atoms with Gasteiger partial charge in [0.25, 0.3) is 0 Å². The third kappa shape index (κ3) is 5.56. The first kappa shape index (κ1) is 19.9. The summed E-state index contributed by atoms with van der Waals surface area (Å²) in [6.07, 6.45) is -4.53. The van der Waals surface area contributed by atoms with Crippen molar-refractivity contribution in [3.8, 4) is 0 Å². The van der Waals surface area contributed by atoms with Crippen LogP contribution in [0.5, 0.6) is 0 Å². The lowest BCUT2D eigenvalue weighted by atomic mass is 10.1. The van der Waals surface area contributed by atoms with E-state index in [1.54, 1.807) is 25.1 Å². The lowest BCUT2D eigenvalue weighted by molar-refractivity contribution is -0.137. The SMILES string of the molecule is CC(SCc1ccc(Cl)c(Cl)c1)C(=O)Nc1ccccc1C(F)(F)F. The summed E-state index contributed by atoms with van der Waals surface area (Å²) in [7, 11) is 0. The minimum atomic E-state index is -4.53. The molecule has 1 amide bonds. The smallest absolute Gasteiger partial charge is 0.325 e. The highest BCUT2D eigenvalue weighted by atomic mass is 35.5. The molecule has 0 aliphatic rings. The van der Waals surface area contributed by atoms with Gasteiger partial charge >= 0.3 is 6.18 Å². The van der Waals surface area contributed by atoms with Crippen LogP contribution in [0.3, 0.4) is 0 Å². The second-order valence-electron chi connectivity index (χ2n) is 5.23. The Morgan fingerprint density at radius 1 is 1.16 bits per heavy atom. The van der Waals surface area contributed by atoms with Gasteiger partial charge in [-0.3, -0.25) is 4.79 Å². The number of rotatable bonds is 5. The summed E-state index contributed by atoms with van der Waals surface area (Å²) in [4.78, 5) is 12.2. The largest absolute Gasteiger partial charge is 0.418 e. The highest BCUT2D eigenvalue weighted by Gasteiger charge is 2.33. The molecule has 2 nitrogen and oxygen atoms in total. The van der Waals surface area contributed by atoms with Crippen LogP contribution in [0.15, 0.2) is 42.5 Å². The number of hydrogen-bond acceptors (Lipinski definition) is 2. The molecule has 8 heteroatoms. The van der Waals surface area contributed by atoms with E-state index in [0.717, 1.165) is 11.6 Å². The molecule has 2 rings (SSSR count). The van der Waals surface area contributed by atoms with E-state index in [4.69, 9.17) is 23.2 Å². The van der Waals surface area contributed by atoms with E-state index in [9.17, 15) is 18.0 Å². The van der Waals surface area contributed by atoms with E-state index < -0.39 is 22.9 Å². The van der Waals surface area contributed by atoms with Crippen LogP contribution >= 0.6 is 35.0 Å². The van der Waals surface area contributed by atoms with Gasteiger partial charge < -0.3 is 5.32 Å². The minimum absolute atomic E-state index is 0.248. The number of thioether (sulfide) groups is 1. The molecule has 0 radical (unpaired) electrons. The van der Waals surface area contributed by atoms with Crippen molar-refractivity contribution in [1.29, 1.82) is 0 Å². The van der Waals surface area contributed by atoms with Crippen LogP contribution in [0.4, 0.5) is 18.9 Å². The van der Waals surface area contributed by atoms with Crippen molar-refractivity contribution in [2.45, 2.75) is 24.1 Å². The van der Waals surface area contributed by atoms with E-state index in [1.807, 2.05) is 0 Å². The predicted molar refractivity (Wildman–Crippen MR) is 97.3 cm³/mol. The number of alkyl halides is 3. The van der Waals surface area contributed by atoms with Gasteiger partial charge in [0.05, 0.1) is 26.5 Å². The Labute approximate surface area is 157 Å². The zero-order valence-electron chi connectivity index (χ0n) is 13.0. The number of para-hydroxylation sites is 1. The molecule has 25 heavy (non-hydrogen) atoms. The minimum Gasteiger partial charge on any atom is -0.325 e. The van der Waals surface area contributed by atoms with Gasteiger partial charge in [0.1, 0.15) is 0 Å². The monoisotopic (exact) mass is 407 g/mol. The Hall–Kier alpha value is -1.37. The highest BCUT2D eigenvalue weighted by molar-refractivity contribution is 7.99. The fourth-order valence-electron chi connectivity index (χ4n) is 2.00. The molecule has 0 fully saturated rings. The molecule has 1 unspecified atom stereocenters. The maximum atomic E-state index is 13.0. The third-order valence-electron chi connectivity index (χ3n) is 3.34. The summed E-state index contributed by atoms with van der Waals surface area (Å²) in [5, 5.41) is 2.65. The van der Waals surface area contributed by atoms with Crippen LogP contribution in [0, 0.1) is 0 Å². The summed E-state index contributed by atoms with van der Waals surface area (Å²) in [6.45, 7) is 1.63. The Bertz CT molecular complexity index is 768. The van der Waals surface area contributed by atoms with Crippen molar-refractivity contribution >= 4 is 46.6 Å². The molecule has 0 aliphatic carbocycles. The quantitative estimate of drug-likeness (QED) is 0.632. The molecule has 134 valence electrons. The first-order chi connectivity index (χ1) is 11.7. The topological polar surface area (TPSA) is 29.1 Å². The Morgan fingerprint density at radius 3 is 2.48 bits per heavy atom. The van der Waals surface area contributed by atoms with Gasteiger partial charge in [-0.1, -0.05) is 41.4 Å². The summed E-state index contributed by atoms with van der Waals surface area (Å²) in [6, 6.07) is 10.0. The molecule has 0 saturated heterocycles. The molecule has 0 saturated carbocycles.